The molecule has 0 fully saturated rings. The van der Waals surface area contributed by atoms with Crippen LogP contribution in [-0.4, -0.2) is 20.7 Å². The molecule has 1 N–H and O–H groups in total. The van der Waals surface area contributed by atoms with Crippen molar-refractivity contribution < 1.29 is 4.79 Å². The van der Waals surface area contributed by atoms with Gasteiger partial charge in [-0.25, -0.2) is 4.98 Å². The molecule has 0 saturated heterocycles. The molecule has 31 heavy (non-hydrogen) atoms. The SMILES string of the molecule is C[C@@H](Sc1nc2sc3c(c2c(=O)n1-c1ccccc1)CCC3)C(=O)NCc1cccs1. The van der Waals surface area contributed by atoms with Gasteiger partial charge in [-0.3, -0.25) is 14.2 Å². The Morgan fingerprint density at radius 1 is 1.23 bits per heavy atom. The lowest BCUT2D eigenvalue weighted by Crippen LogP contribution is -2.31. The molecule has 8 heteroatoms. The topological polar surface area (TPSA) is 64.0 Å². The third-order valence-corrected chi connectivity index (χ3v) is 8.51. The van der Waals surface area contributed by atoms with Crippen LogP contribution in [0.3, 0.4) is 0 Å². The molecule has 5 rings (SSSR count). The van der Waals surface area contributed by atoms with Crippen LogP contribution in [0.5, 0.6) is 0 Å². The first kappa shape index (κ1) is 20.5. The quantitative estimate of drug-likeness (QED) is 0.327. The fourth-order valence-corrected chi connectivity index (χ4v) is 6.75. The standard InChI is InChI=1S/C23H21N3O2S3/c1-14(20(27)24-13-16-9-6-12-29-16)30-23-25-21-19(17-10-5-11-18(17)31-21)22(28)26(23)15-7-3-2-4-8-15/h2-4,6-9,12,14H,5,10-11,13H2,1H3,(H,24,27)/t14-/m1/s1. The number of carbonyl (C=O) groups excluding carboxylic acids is 1. The highest BCUT2D eigenvalue weighted by Crippen LogP contribution is 2.36. The Kier molecular flexibility index (Phi) is 5.69. The second kappa shape index (κ2) is 8.61. The molecule has 0 saturated carbocycles. The Bertz CT molecular complexity index is 1290. The van der Waals surface area contributed by atoms with E-state index in [1.807, 2.05) is 54.8 Å². The highest BCUT2D eigenvalue weighted by atomic mass is 32.2. The number of rotatable bonds is 6. The Labute approximate surface area is 192 Å². The number of thiophene rings is 2. The van der Waals surface area contributed by atoms with E-state index in [0.717, 1.165) is 40.0 Å². The van der Waals surface area contributed by atoms with Gasteiger partial charge in [-0.2, -0.15) is 0 Å². The van der Waals surface area contributed by atoms with Crippen LogP contribution in [0.15, 0.2) is 57.8 Å². The Balaban J connectivity index is 1.51. The van der Waals surface area contributed by atoms with Crippen LogP contribution >= 0.6 is 34.4 Å². The van der Waals surface area contributed by atoms with Gasteiger partial charge in [0, 0.05) is 9.75 Å². The minimum atomic E-state index is -0.383. The normalized spacial score (nSPS) is 14.0. The van der Waals surface area contributed by atoms with Crippen LogP contribution in [0.1, 0.15) is 28.7 Å². The summed E-state index contributed by atoms with van der Waals surface area (Å²) in [6.45, 7) is 2.37. The predicted octanol–water partition coefficient (Wildman–Crippen LogP) is 4.79. The number of carbonyl (C=O) groups is 1. The van der Waals surface area contributed by atoms with Gasteiger partial charge in [0.05, 0.1) is 22.9 Å². The average Bonchev–Trinajstić information content (AvgIpc) is 3.50. The maximum Gasteiger partial charge on any atom is 0.267 e. The second-order valence-electron chi connectivity index (χ2n) is 7.47. The molecule has 0 aliphatic heterocycles. The molecule has 4 aromatic rings. The molecule has 158 valence electrons. The van der Waals surface area contributed by atoms with E-state index in [2.05, 4.69) is 5.32 Å². The van der Waals surface area contributed by atoms with Crippen LogP contribution in [-0.2, 0) is 24.2 Å². The van der Waals surface area contributed by atoms with Crippen molar-refractivity contribution in [3.63, 3.8) is 0 Å². The molecule has 0 radical (unpaired) electrons. The summed E-state index contributed by atoms with van der Waals surface area (Å²) in [7, 11) is 0. The molecule has 1 aliphatic rings. The zero-order valence-corrected chi connectivity index (χ0v) is 19.4. The summed E-state index contributed by atoms with van der Waals surface area (Å²) in [6.07, 6.45) is 3.06. The van der Waals surface area contributed by atoms with E-state index in [4.69, 9.17) is 4.98 Å². The van der Waals surface area contributed by atoms with Gasteiger partial charge in [0.15, 0.2) is 5.16 Å². The zero-order chi connectivity index (χ0) is 21.4. The van der Waals surface area contributed by atoms with E-state index in [9.17, 15) is 9.59 Å². The Hall–Kier alpha value is -2.42. The van der Waals surface area contributed by atoms with Crippen molar-refractivity contribution in [3.8, 4) is 5.69 Å². The lowest BCUT2D eigenvalue weighted by atomic mass is 10.2. The molecule has 1 aliphatic carbocycles. The van der Waals surface area contributed by atoms with E-state index in [1.165, 1.54) is 22.2 Å². The second-order valence-corrected chi connectivity index (χ2v) is 10.9. The number of aromatic nitrogens is 2. The number of hydrogen-bond acceptors (Lipinski definition) is 6. The van der Waals surface area contributed by atoms with Crippen molar-refractivity contribution in [2.75, 3.05) is 0 Å². The number of benzene rings is 1. The Morgan fingerprint density at radius 2 is 2.06 bits per heavy atom. The molecule has 1 amide bonds. The first-order chi connectivity index (χ1) is 15.1. The minimum absolute atomic E-state index is 0.0377. The smallest absolute Gasteiger partial charge is 0.267 e. The molecule has 0 bridgehead atoms. The summed E-state index contributed by atoms with van der Waals surface area (Å²) in [6, 6.07) is 13.5. The van der Waals surface area contributed by atoms with Crippen LogP contribution in [0, 0.1) is 0 Å². The first-order valence-corrected chi connectivity index (χ1v) is 12.8. The van der Waals surface area contributed by atoms with E-state index in [1.54, 1.807) is 27.2 Å². The van der Waals surface area contributed by atoms with E-state index in [0.29, 0.717) is 11.7 Å². The number of thioether (sulfide) groups is 1. The number of amides is 1. The summed E-state index contributed by atoms with van der Waals surface area (Å²) in [4.78, 5) is 34.4. The zero-order valence-electron chi connectivity index (χ0n) is 17.0. The summed E-state index contributed by atoms with van der Waals surface area (Å²) in [5.74, 6) is -0.0685. The number of hydrogen-bond donors (Lipinski definition) is 1. The third-order valence-electron chi connectivity index (χ3n) is 5.39. The van der Waals surface area contributed by atoms with E-state index < -0.39 is 0 Å². The molecule has 0 unspecified atom stereocenters. The van der Waals surface area contributed by atoms with Crippen LogP contribution < -0.4 is 10.9 Å². The first-order valence-electron chi connectivity index (χ1n) is 10.2. The van der Waals surface area contributed by atoms with Crippen molar-refractivity contribution in [1.29, 1.82) is 0 Å². The van der Waals surface area contributed by atoms with Gasteiger partial charge in [-0.1, -0.05) is 36.0 Å². The van der Waals surface area contributed by atoms with Gasteiger partial charge >= 0.3 is 0 Å². The number of nitrogens with one attached hydrogen (secondary N) is 1. The van der Waals surface area contributed by atoms with Gasteiger partial charge in [0.1, 0.15) is 4.83 Å². The lowest BCUT2D eigenvalue weighted by Gasteiger charge is -2.16. The minimum Gasteiger partial charge on any atom is -0.350 e. The molecule has 0 spiro atoms. The van der Waals surface area contributed by atoms with Crippen molar-refractivity contribution >= 4 is 50.6 Å². The molecule has 1 aromatic carbocycles. The van der Waals surface area contributed by atoms with Crippen molar-refractivity contribution in [3.05, 3.63) is 73.5 Å². The number of nitrogens with zero attached hydrogens (tertiary/aromatic N) is 2. The van der Waals surface area contributed by atoms with Gasteiger partial charge < -0.3 is 5.32 Å². The van der Waals surface area contributed by atoms with Gasteiger partial charge in [0.2, 0.25) is 5.91 Å². The molecular formula is C23H21N3O2S3. The monoisotopic (exact) mass is 467 g/mol. The third kappa shape index (κ3) is 3.95. The summed E-state index contributed by atoms with van der Waals surface area (Å²) in [5, 5.41) is 5.91. The van der Waals surface area contributed by atoms with Gasteiger partial charge in [0.25, 0.3) is 5.56 Å². The molecule has 1 atom stereocenters. The molecular weight excluding hydrogens is 446 g/mol. The van der Waals surface area contributed by atoms with Crippen molar-refractivity contribution in [2.24, 2.45) is 0 Å². The summed E-state index contributed by atoms with van der Waals surface area (Å²) < 4.78 is 1.67. The maximum atomic E-state index is 13.6. The predicted molar refractivity (Wildman–Crippen MR) is 129 cm³/mol. The van der Waals surface area contributed by atoms with Crippen molar-refractivity contribution in [2.45, 2.75) is 43.1 Å². The van der Waals surface area contributed by atoms with Crippen LogP contribution in [0.2, 0.25) is 0 Å². The average molecular weight is 468 g/mol. The van der Waals surface area contributed by atoms with Gasteiger partial charge in [-0.15, -0.1) is 22.7 Å². The molecule has 3 heterocycles. The number of fused-ring (bicyclic) bond motifs is 3. The van der Waals surface area contributed by atoms with E-state index >= 15 is 0 Å². The fraction of sp³-hybridized carbons (Fsp3) is 0.261. The van der Waals surface area contributed by atoms with E-state index in [-0.39, 0.29) is 16.7 Å². The van der Waals surface area contributed by atoms with Crippen LogP contribution in [0.25, 0.3) is 15.9 Å². The van der Waals surface area contributed by atoms with Crippen LogP contribution in [0.4, 0.5) is 0 Å². The Morgan fingerprint density at radius 3 is 2.84 bits per heavy atom. The number of para-hydroxylation sites is 1. The maximum absolute atomic E-state index is 13.6. The summed E-state index contributed by atoms with van der Waals surface area (Å²) >= 11 is 4.57. The lowest BCUT2D eigenvalue weighted by molar-refractivity contribution is -0.120. The molecule has 5 nitrogen and oxygen atoms in total. The molecule has 3 aromatic heterocycles. The highest BCUT2D eigenvalue weighted by molar-refractivity contribution is 8.00. The van der Waals surface area contributed by atoms with Crippen molar-refractivity contribution in [1.82, 2.24) is 14.9 Å². The summed E-state index contributed by atoms with van der Waals surface area (Å²) in [5.41, 5.74) is 1.90. The number of aryl methyl sites for hydroxylation is 2. The van der Waals surface area contributed by atoms with Gasteiger partial charge in [-0.05, 0) is 55.3 Å². The largest absolute Gasteiger partial charge is 0.350 e. The fourth-order valence-electron chi connectivity index (χ4n) is 3.85. The highest BCUT2D eigenvalue weighted by Gasteiger charge is 2.25.